The Morgan fingerprint density at radius 2 is 1.65 bits per heavy atom. The first-order chi connectivity index (χ1) is 16.5. The molecule has 1 N–H and O–H groups in total. The first-order valence-electron chi connectivity index (χ1n) is 11.8. The molecule has 8 nitrogen and oxygen atoms in total. The first-order valence-corrected chi connectivity index (χ1v) is 11.8. The van der Waals surface area contributed by atoms with Gasteiger partial charge in [-0.3, -0.25) is 19.2 Å². The number of nitrogens with zero attached hydrogens (tertiary/aromatic N) is 5. The molecule has 1 saturated heterocycles. The van der Waals surface area contributed by atoms with Crippen LogP contribution in [0.5, 0.6) is 0 Å². The molecule has 0 atom stereocenters. The Hall–Kier alpha value is -3.65. The Labute approximate surface area is 198 Å². The lowest BCUT2D eigenvalue weighted by Gasteiger charge is -2.35. The van der Waals surface area contributed by atoms with Crippen molar-refractivity contribution < 1.29 is 0 Å². The summed E-state index contributed by atoms with van der Waals surface area (Å²) in [7, 11) is 1.65. The quantitative estimate of drug-likeness (QED) is 0.480. The van der Waals surface area contributed by atoms with Crippen LogP contribution in [0.4, 0.5) is 5.95 Å². The van der Waals surface area contributed by atoms with Crippen molar-refractivity contribution in [2.45, 2.75) is 26.4 Å². The van der Waals surface area contributed by atoms with Crippen molar-refractivity contribution in [2.24, 2.45) is 7.05 Å². The summed E-state index contributed by atoms with van der Waals surface area (Å²) in [6.45, 7) is 7.14. The molecule has 1 aliphatic rings. The van der Waals surface area contributed by atoms with Gasteiger partial charge in [0.05, 0.1) is 0 Å². The number of hydrogen-bond donors (Lipinski definition) is 1. The van der Waals surface area contributed by atoms with Crippen molar-refractivity contribution in [1.82, 2.24) is 24.0 Å². The van der Waals surface area contributed by atoms with Gasteiger partial charge in [0.1, 0.15) is 0 Å². The largest absolute Gasteiger partial charge is 0.340 e. The summed E-state index contributed by atoms with van der Waals surface area (Å²) in [5, 5.41) is 0. The molecule has 5 rings (SSSR count). The number of rotatable bonds is 6. The molecule has 4 aromatic rings. The van der Waals surface area contributed by atoms with E-state index in [0.717, 1.165) is 45.1 Å². The molecule has 0 unspecified atom stereocenters. The zero-order chi connectivity index (χ0) is 23.7. The molecule has 8 heteroatoms. The van der Waals surface area contributed by atoms with E-state index < -0.39 is 5.69 Å². The van der Waals surface area contributed by atoms with E-state index in [1.165, 1.54) is 21.3 Å². The van der Waals surface area contributed by atoms with Crippen LogP contribution in [0.2, 0.25) is 0 Å². The average Bonchev–Trinajstić information content (AvgIpc) is 3.24. The Morgan fingerprint density at radius 1 is 0.941 bits per heavy atom. The van der Waals surface area contributed by atoms with Crippen molar-refractivity contribution in [2.75, 3.05) is 31.1 Å². The monoisotopic (exact) mass is 458 g/mol. The van der Waals surface area contributed by atoms with E-state index in [-0.39, 0.29) is 5.56 Å². The molecule has 176 valence electrons. The van der Waals surface area contributed by atoms with Crippen molar-refractivity contribution in [1.29, 1.82) is 0 Å². The topological polar surface area (TPSA) is 79.2 Å². The fourth-order valence-electron chi connectivity index (χ4n) is 4.70. The van der Waals surface area contributed by atoms with E-state index in [4.69, 9.17) is 4.98 Å². The van der Waals surface area contributed by atoms with Crippen molar-refractivity contribution in [3.05, 3.63) is 92.1 Å². The summed E-state index contributed by atoms with van der Waals surface area (Å²) in [5.41, 5.74) is 3.91. The second-order valence-corrected chi connectivity index (χ2v) is 8.98. The van der Waals surface area contributed by atoms with Crippen LogP contribution in [0.25, 0.3) is 11.2 Å². The highest BCUT2D eigenvalue weighted by molar-refractivity contribution is 5.74. The maximum atomic E-state index is 12.8. The molecule has 1 aliphatic heterocycles. The molecule has 0 saturated carbocycles. The number of aromatic nitrogens is 4. The first kappa shape index (κ1) is 22.2. The van der Waals surface area contributed by atoms with E-state index in [0.29, 0.717) is 17.7 Å². The number of hydrogen-bond acceptors (Lipinski definition) is 5. The van der Waals surface area contributed by atoms with Gasteiger partial charge in [-0.15, -0.1) is 0 Å². The molecule has 2 aromatic carbocycles. The molecule has 0 bridgehead atoms. The molecule has 1 fully saturated rings. The van der Waals surface area contributed by atoms with Crippen LogP contribution in [0, 0.1) is 6.92 Å². The van der Waals surface area contributed by atoms with Gasteiger partial charge in [-0.2, -0.15) is 4.98 Å². The summed E-state index contributed by atoms with van der Waals surface area (Å²) in [5.74, 6) is 0.758. The van der Waals surface area contributed by atoms with Crippen LogP contribution in [-0.2, 0) is 26.6 Å². The number of benzene rings is 2. The van der Waals surface area contributed by atoms with Gasteiger partial charge < -0.3 is 9.47 Å². The minimum Gasteiger partial charge on any atom is -0.340 e. The van der Waals surface area contributed by atoms with Crippen molar-refractivity contribution in [3.8, 4) is 0 Å². The summed E-state index contributed by atoms with van der Waals surface area (Å²) in [6, 6.07) is 18.7. The number of H-pyrrole nitrogens is 1. The predicted octanol–water partition coefficient (Wildman–Crippen LogP) is 2.30. The molecule has 3 heterocycles. The van der Waals surface area contributed by atoms with E-state index in [9.17, 15) is 9.59 Å². The minimum absolute atomic E-state index is 0.386. The van der Waals surface area contributed by atoms with Crippen LogP contribution in [0.1, 0.15) is 16.7 Å². The second kappa shape index (κ2) is 9.30. The smallest absolute Gasteiger partial charge is 0.329 e. The van der Waals surface area contributed by atoms with Gasteiger partial charge in [-0.25, -0.2) is 4.79 Å². The highest BCUT2D eigenvalue weighted by Gasteiger charge is 2.25. The number of anilines is 1. The maximum Gasteiger partial charge on any atom is 0.329 e. The lowest BCUT2D eigenvalue weighted by atomic mass is 10.1. The van der Waals surface area contributed by atoms with Crippen LogP contribution in [0.15, 0.2) is 64.2 Å². The van der Waals surface area contributed by atoms with Crippen LogP contribution in [0.3, 0.4) is 0 Å². The van der Waals surface area contributed by atoms with E-state index in [1.54, 1.807) is 7.05 Å². The lowest BCUT2D eigenvalue weighted by Crippen LogP contribution is -2.47. The third-order valence-electron chi connectivity index (χ3n) is 6.76. The third-order valence-corrected chi connectivity index (χ3v) is 6.76. The summed E-state index contributed by atoms with van der Waals surface area (Å²) < 4.78 is 3.41. The summed E-state index contributed by atoms with van der Waals surface area (Å²) in [6.07, 6.45) is 0.773. The molecule has 0 radical (unpaired) electrons. The minimum atomic E-state index is -0.445. The van der Waals surface area contributed by atoms with Crippen LogP contribution < -0.4 is 16.1 Å². The number of aromatic amines is 1. The van der Waals surface area contributed by atoms with Crippen LogP contribution >= 0.6 is 0 Å². The molecule has 34 heavy (non-hydrogen) atoms. The number of fused-ring (bicyclic) bond motifs is 1. The standard InChI is InChI=1S/C26H30N6O2/c1-19-8-6-7-11-21(19)18-30-14-16-31(17-15-30)25-27-23-22(24(33)28-26(34)29(23)2)32(25)13-12-20-9-4-3-5-10-20/h3-11H,12-18H2,1-2H3,(H,28,33,34). The number of aryl methyl sites for hydroxylation is 4. The summed E-state index contributed by atoms with van der Waals surface area (Å²) in [4.78, 5) is 37.0. The molecular weight excluding hydrogens is 428 g/mol. The Morgan fingerprint density at radius 3 is 2.38 bits per heavy atom. The number of imidazole rings is 1. The third kappa shape index (κ3) is 4.28. The van der Waals surface area contributed by atoms with Crippen molar-refractivity contribution >= 4 is 17.1 Å². The average molecular weight is 459 g/mol. The zero-order valence-corrected chi connectivity index (χ0v) is 19.7. The van der Waals surface area contributed by atoms with Gasteiger partial charge in [0, 0.05) is 46.3 Å². The van der Waals surface area contributed by atoms with Gasteiger partial charge in [0.2, 0.25) is 5.95 Å². The van der Waals surface area contributed by atoms with E-state index in [2.05, 4.69) is 58.1 Å². The summed E-state index contributed by atoms with van der Waals surface area (Å²) >= 11 is 0. The maximum absolute atomic E-state index is 12.8. The fraction of sp³-hybridized carbons (Fsp3) is 0.346. The van der Waals surface area contributed by atoms with Crippen LogP contribution in [-0.4, -0.2) is 50.2 Å². The molecule has 0 spiro atoms. The van der Waals surface area contributed by atoms with Gasteiger partial charge in [0.25, 0.3) is 5.56 Å². The van der Waals surface area contributed by atoms with Gasteiger partial charge in [-0.05, 0) is 30.0 Å². The lowest BCUT2D eigenvalue weighted by molar-refractivity contribution is 0.247. The van der Waals surface area contributed by atoms with E-state index in [1.807, 2.05) is 22.8 Å². The SMILES string of the molecule is Cc1ccccc1CN1CCN(c2nc3c(c(=O)[nH]c(=O)n3C)n2CCc2ccccc2)CC1. The number of piperazine rings is 1. The Kier molecular flexibility index (Phi) is 6.06. The number of nitrogens with one attached hydrogen (secondary N) is 1. The van der Waals surface area contributed by atoms with Gasteiger partial charge in [0.15, 0.2) is 11.2 Å². The second-order valence-electron chi connectivity index (χ2n) is 8.98. The van der Waals surface area contributed by atoms with Crippen molar-refractivity contribution in [3.63, 3.8) is 0 Å². The van der Waals surface area contributed by atoms with Gasteiger partial charge in [-0.1, -0.05) is 54.6 Å². The molecule has 2 aromatic heterocycles. The predicted molar refractivity (Wildman–Crippen MR) is 134 cm³/mol. The van der Waals surface area contributed by atoms with E-state index >= 15 is 0 Å². The Balaban J connectivity index is 1.42. The molecular formula is C26H30N6O2. The fourth-order valence-corrected chi connectivity index (χ4v) is 4.70. The zero-order valence-electron chi connectivity index (χ0n) is 19.7. The highest BCUT2D eigenvalue weighted by atomic mass is 16.2. The molecule has 0 aliphatic carbocycles. The highest BCUT2D eigenvalue weighted by Crippen LogP contribution is 2.22. The van der Waals surface area contributed by atoms with Gasteiger partial charge >= 0.3 is 5.69 Å². The Bertz CT molecular complexity index is 1410. The normalized spacial score (nSPS) is 14.7. The molecule has 0 amide bonds.